The first-order valence-electron chi connectivity index (χ1n) is 6.00. The molecule has 96 valence electrons. The van der Waals surface area contributed by atoms with Gasteiger partial charge in [0.1, 0.15) is 0 Å². The average Bonchev–Trinajstić information content (AvgIpc) is 2.37. The lowest BCUT2D eigenvalue weighted by Crippen LogP contribution is -2.38. The molecule has 0 spiro atoms. The molecule has 0 radical (unpaired) electrons. The Kier molecular flexibility index (Phi) is 4.91. The normalized spacial score (nSPS) is 12.6. The summed E-state index contributed by atoms with van der Waals surface area (Å²) in [5.41, 5.74) is 0. The van der Waals surface area contributed by atoms with E-state index in [0.717, 1.165) is 18.1 Å². The smallest absolute Gasteiger partial charge is 0.287 e. The fourth-order valence-electron chi connectivity index (χ4n) is 1.79. The van der Waals surface area contributed by atoms with E-state index >= 15 is 0 Å². The molecule has 0 bridgehead atoms. The lowest BCUT2D eigenvalue weighted by Gasteiger charge is -2.26. The molecule has 0 fully saturated rings. The van der Waals surface area contributed by atoms with Gasteiger partial charge in [0, 0.05) is 0 Å². The first kappa shape index (κ1) is 14.4. The monoisotopic (exact) mass is 272 g/mol. The molecule has 0 amide bonds. The topological polar surface area (TPSA) is 43.4 Å². The van der Waals surface area contributed by atoms with E-state index in [0.29, 0.717) is 0 Å². The van der Waals surface area contributed by atoms with Crippen LogP contribution in [0.25, 0.3) is 0 Å². The van der Waals surface area contributed by atoms with E-state index in [1.807, 2.05) is 20.8 Å². The van der Waals surface area contributed by atoms with Crippen LogP contribution in [0, 0.1) is 0 Å². The van der Waals surface area contributed by atoms with Gasteiger partial charge in [-0.2, -0.15) is 8.42 Å². The van der Waals surface area contributed by atoms with Gasteiger partial charge in [-0.1, -0.05) is 39.0 Å². The average molecular weight is 272 g/mol. The van der Waals surface area contributed by atoms with Gasteiger partial charge in [0.05, 0.1) is 4.90 Å². The summed E-state index contributed by atoms with van der Waals surface area (Å²) < 4.78 is 29.8. The van der Waals surface area contributed by atoms with Crippen LogP contribution in [0.5, 0.6) is 0 Å². The molecule has 0 unspecified atom stereocenters. The maximum atomic E-state index is 12.1. The molecule has 0 aromatic heterocycles. The quantitative estimate of drug-likeness (QED) is 0.745. The van der Waals surface area contributed by atoms with Crippen molar-refractivity contribution in [3.05, 3.63) is 30.3 Å². The molecule has 0 aliphatic rings. The Labute approximate surface area is 105 Å². The van der Waals surface area contributed by atoms with E-state index in [2.05, 4.69) is 0 Å². The highest BCUT2D eigenvalue weighted by Gasteiger charge is 2.35. The van der Waals surface area contributed by atoms with Crippen molar-refractivity contribution in [2.45, 2.75) is 43.8 Å². The van der Waals surface area contributed by atoms with Crippen LogP contribution in [0.4, 0.5) is 0 Å². The first-order valence-corrected chi connectivity index (χ1v) is 9.94. The summed E-state index contributed by atoms with van der Waals surface area (Å²) in [7, 11) is -5.72. The van der Waals surface area contributed by atoms with Crippen molar-refractivity contribution in [2.75, 3.05) is 0 Å². The van der Waals surface area contributed by atoms with Gasteiger partial charge in [-0.25, -0.2) is 0 Å². The molecule has 0 N–H and O–H groups in total. The molecule has 17 heavy (non-hydrogen) atoms. The molecule has 0 saturated heterocycles. The van der Waals surface area contributed by atoms with Gasteiger partial charge < -0.3 is 3.87 Å². The Morgan fingerprint density at radius 1 is 1.00 bits per heavy atom. The largest absolute Gasteiger partial charge is 0.311 e. The van der Waals surface area contributed by atoms with Crippen molar-refractivity contribution < 1.29 is 12.3 Å². The fraction of sp³-hybridized carbons (Fsp3) is 0.500. The Balaban J connectivity index is 3.01. The van der Waals surface area contributed by atoms with Crippen LogP contribution in [0.3, 0.4) is 0 Å². The minimum Gasteiger partial charge on any atom is -0.311 e. The van der Waals surface area contributed by atoms with Gasteiger partial charge >= 0.3 is 0 Å². The first-order chi connectivity index (χ1) is 7.99. The fourth-order valence-corrected chi connectivity index (χ4v) is 7.45. The lowest BCUT2D eigenvalue weighted by atomic mass is 10.4. The van der Waals surface area contributed by atoms with E-state index in [1.54, 1.807) is 30.3 Å². The summed E-state index contributed by atoms with van der Waals surface area (Å²) in [4.78, 5) is 0.257. The highest BCUT2D eigenvalue weighted by Crippen LogP contribution is 2.26. The third kappa shape index (κ3) is 3.40. The Hall–Kier alpha value is -0.653. The van der Waals surface area contributed by atoms with Crippen LogP contribution in [-0.4, -0.2) is 16.7 Å². The van der Waals surface area contributed by atoms with Crippen molar-refractivity contribution in [3.8, 4) is 0 Å². The van der Waals surface area contributed by atoms with Crippen LogP contribution >= 0.6 is 0 Å². The minimum absolute atomic E-state index is 0.257. The van der Waals surface area contributed by atoms with Crippen molar-refractivity contribution in [3.63, 3.8) is 0 Å². The van der Waals surface area contributed by atoms with Crippen molar-refractivity contribution >= 4 is 18.4 Å². The van der Waals surface area contributed by atoms with Crippen LogP contribution < -0.4 is 0 Å². The summed E-state index contributed by atoms with van der Waals surface area (Å²) in [5, 5.41) is 0. The van der Waals surface area contributed by atoms with E-state index in [1.165, 1.54) is 0 Å². The van der Waals surface area contributed by atoms with Crippen LogP contribution in [0.15, 0.2) is 35.2 Å². The van der Waals surface area contributed by atoms with Crippen LogP contribution in [-0.2, 0) is 14.0 Å². The second-order valence-corrected chi connectivity index (χ2v) is 10.6. The van der Waals surface area contributed by atoms with Crippen LogP contribution in [0.2, 0.25) is 18.1 Å². The zero-order valence-corrected chi connectivity index (χ0v) is 12.5. The van der Waals surface area contributed by atoms with Gasteiger partial charge in [0.25, 0.3) is 10.1 Å². The van der Waals surface area contributed by atoms with Crippen LogP contribution in [0.1, 0.15) is 20.8 Å². The summed E-state index contributed by atoms with van der Waals surface area (Å²) in [6.07, 6.45) is 0. The van der Waals surface area contributed by atoms with E-state index in [9.17, 15) is 8.42 Å². The Morgan fingerprint density at radius 3 is 1.88 bits per heavy atom. The van der Waals surface area contributed by atoms with Crippen molar-refractivity contribution in [1.82, 2.24) is 0 Å². The van der Waals surface area contributed by atoms with E-state index in [-0.39, 0.29) is 4.90 Å². The number of rotatable bonds is 6. The second-order valence-electron chi connectivity index (χ2n) is 4.09. The van der Waals surface area contributed by atoms with Crippen molar-refractivity contribution in [2.24, 2.45) is 0 Å². The predicted molar refractivity (Wildman–Crippen MR) is 71.9 cm³/mol. The molecular weight excluding hydrogens is 252 g/mol. The lowest BCUT2D eigenvalue weighted by molar-refractivity contribution is 0.474. The molecule has 1 aromatic rings. The molecule has 1 rings (SSSR count). The minimum atomic E-state index is -3.59. The van der Waals surface area contributed by atoms with Crippen molar-refractivity contribution in [1.29, 1.82) is 0 Å². The van der Waals surface area contributed by atoms with Gasteiger partial charge in [-0.3, -0.25) is 0 Å². The Bertz CT molecular complexity index is 430. The van der Waals surface area contributed by atoms with E-state index in [4.69, 9.17) is 3.87 Å². The van der Waals surface area contributed by atoms with E-state index < -0.39 is 18.4 Å². The zero-order valence-electron chi connectivity index (χ0n) is 10.6. The maximum absolute atomic E-state index is 12.1. The second kappa shape index (κ2) is 5.80. The Morgan fingerprint density at radius 2 is 1.47 bits per heavy atom. The third-order valence-corrected chi connectivity index (χ3v) is 10.3. The molecule has 0 heterocycles. The predicted octanol–water partition coefficient (Wildman–Crippen LogP) is 3.40. The number of hydrogen-bond donors (Lipinski definition) is 0. The number of hydrogen-bond acceptors (Lipinski definition) is 3. The highest BCUT2D eigenvalue weighted by atomic mass is 32.2. The van der Waals surface area contributed by atoms with Gasteiger partial charge in [-0.15, -0.1) is 0 Å². The molecule has 0 atom stereocenters. The van der Waals surface area contributed by atoms with Gasteiger partial charge in [-0.05, 0) is 30.3 Å². The molecule has 0 saturated carbocycles. The standard InChI is InChI=1S/C12H20O3SSi/c1-4-17(5-2,6-3)15-16(13,14)12-10-8-7-9-11-12/h7-11H,4-6H2,1-3H3. The molecule has 5 heteroatoms. The highest BCUT2D eigenvalue weighted by molar-refractivity contribution is 7.87. The molecule has 3 nitrogen and oxygen atoms in total. The molecule has 0 aliphatic carbocycles. The molecule has 1 aromatic carbocycles. The maximum Gasteiger partial charge on any atom is 0.287 e. The third-order valence-electron chi connectivity index (χ3n) is 3.25. The van der Waals surface area contributed by atoms with Gasteiger partial charge in [0.2, 0.25) is 8.32 Å². The molecule has 0 aliphatic heterocycles. The SMILES string of the molecule is CC[Si](CC)(CC)OS(=O)(=O)c1ccccc1. The summed E-state index contributed by atoms with van der Waals surface area (Å²) in [5.74, 6) is 0. The number of benzene rings is 1. The molecular formula is C12H20O3SSi. The van der Waals surface area contributed by atoms with Gasteiger partial charge in [0.15, 0.2) is 0 Å². The summed E-state index contributed by atoms with van der Waals surface area (Å²) >= 11 is 0. The summed E-state index contributed by atoms with van der Waals surface area (Å²) in [6, 6.07) is 10.9. The zero-order chi connectivity index (χ0) is 12.9. The summed E-state index contributed by atoms with van der Waals surface area (Å²) in [6.45, 7) is 6.04.